The molecule has 2 aliphatic rings. The molecule has 3 heterocycles. The molecule has 0 aliphatic carbocycles. The Labute approximate surface area is 140 Å². The first-order chi connectivity index (χ1) is 10.5. The van der Waals surface area contributed by atoms with Gasteiger partial charge in [-0.15, -0.1) is 11.3 Å². The molecule has 0 atom stereocenters. The molecule has 6 nitrogen and oxygen atoms in total. The molecule has 0 unspecified atom stereocenters. The van der Waals surface area contributed by atoms with Gasteiger partial charge in [-0.3, -0.25) is 14.5 Å². The fourth-order valence-corrected chi connectivity index (χ4v) is 4.26. The van der Waals surface area contributed by atoms with Gasteiger partial charge in [0.2, 0.25) is 5.91 Å². The zero-order valence-electron chi connectivity index (χ0n) is 12.1. The van der Waals surface area contributed by atoms with E-state index in [0.29, 0.717) is 25.9 Å². The van der Waals surface area contributed by atoms with Crippen LogP contribution in [-0.4, -0.2) is 65.3 Å². The molecule has 1 aromatic rings. The molecule has 0 aromatic carbocycles. The van der Waals surface area contributed by atoms with E-state index in [-0.39, 0.29) is 30.4 Å². The highest BCUT2D eigenvalue weighted by Crippen LogP contribution is 2.25. The molecule has 4 amide bonds. The zero-order valence-corrected chi connectivity index (χ0v) is 14.5. The monoisotopic (exact) mass is 385 g/mol. The van der Waals surface area contributed by atoms with Crippen molar-refractivity contribution < 1.29 is 14.4 Å². The topological polar surface area (TPSA) is 60.9 Å². The van der Waals surface area contributed by atoms with Crippen molar-refractivity contribution in [2.24, 2.45) is 0 Å². The second-order valence-electron chi connectivity index (χ2n) is 5.52. The van der Waals surface area contributed by atoms with E-state index >= 15 is 0 Å². The van der Waals surface area contributed by atoms with Crippen molar-refractivity contribution in [1.82, 2.24) is 14.7 Å². The lowest BCUT2D eigenvalue weighted by atomic mass is 10.0. The summed E-state index contributed by atoms with van der Waals surface area (Å²) in [7, 11) is 1.51. The minimum absolute atomic E-state index is 0.0371. The van der Waals surface area contributed by atoms with Gasteiger partial charge in [0.15, 0.2) is 0 Å². The number of carbonyl (C=O) groups is 3. The van der Waals surface area contributed by atoms with Crippen molar-refractivity contribution in [2.75, 3.05) is 26.7 Å². The third-order valence-corrected chi connectivity index (χ3v) is 5.86. The van der Waals surface area contributed by atoms with Crippen molar-refractivity contribution in [3.63, 3.8) is 0 Å². The van der Waals surface area contributed by atoms with Gasteiger partial charge in [-0.25, -0.2) is 4.79 Å². The average Bonchev–Trinajstić information content (AvgIpc) is 3.06. The Bertz CT molecular complexity index is 625. The predicted molar refractivity (Wildman–Crippen MR) is 85.8 cm³/mol. The summed E-state index contributed by atoms with van der Waals surface area (Å²) in [5.41, 5.74) is 0. The normalized spacial score (nSPS) is 20.2. The minimum atomic E-state index is -0.225. The van der Waals surface area contributed by atoms with Gasteiger partial charge < -0.3 is 9.80 Å². The first kappa shape index (κ1) is 15.5. The van der Waals surface area contributed by atoms with Gasteiger partial charge in [-0.05, 0) is 34.8 Å². The van der Waals surface area contributed by atoms with Gasteiger partial charge in [-0.2, -0.15) is 0 Å². The summed E-state index contributed by atoms with van der Waals surface area (Å²) in [4.78, 5) is 41.3. The van der Waals surface area contributed by atoms with E-state index < -0.39 is 0 Å². The minimum Gasteiger partial charge on any atom is -0.338 e. The van der Waals surface area contributed by atoms with E-state index in [4.69, 9.17) is 0 Å². The molecule has 2 aliphatic heterocycles. The summed E-state index contributed by atoms with van der Waals surface area (Å²) in [5.74, 6) is -0.123. The molecular weight excluding hydrogens is 370 g/mol. The van der Waals surface area contributed by atoms with E-state index in [2.05, 4.69) is 15.9 Å². The number of likely N-dealkylation sites (N-methyl/N-ethyl adjacent to an activating group) is 1. The Morgan fingerprint density at radius 2 is 2.00 bits per heavy atom. The van der Waals surface area contributed by atoms with Crippen molar-refractivity contribution in [3.8, 4) is 0 Å². The summed E-state index contributed by atoms with van der Waals surface area (Å²) in [6, 6.07) is 1.65. The smallest absolute Gasteiger partial charge is 0.327 e. The lowest BCUT2D eigenvalue weighted by Crippen LogP contribution is -2.47. The number of likely N-dealkylation sites (tertiary alicyclic amines) is 1. The number of hydrogen-bond donors (Lipinski definition) is 0. The lowest BCUT2D eigenvalue weighted by Gasteiger charge is -2.35. The van der Waals surface area contributed by atoms with Gasteiger partial charge in [0, 0.05) is 36.0 Å². The van der Waals surface area contributed by atoms with Crippen LogP contribution in [0.2, 0.25) is 0 Å². The highest BCUT2D eigenvalue weighted by Gasteiger charge is 2.39. The van der Waals surface area contributed by atoms with Crippen molar-refractivity contribution in [3.05, 3.63) is 20.8 Å². The van der Waals surface area contributed by atoms with Crippen LogP contribution in [0, 0.1) is 0 Å². The summed E-state index contributed by atoms with van der Waals surface area (Å²) in [6.07, 6.45) is 1.43. The Morgan fingerprint density at radius 3 is 2.50 bits per heavy atom. The number of piperidine rings is 1. The van der Waals surface area contributed by atoms with Crippen molar-refractivity contribution in [2.45, 2.75) is 18.9 Å². The third-order valence-electron chi connectivity index (χ3n) is 4.18. The molecule has 0 N–H and O–H groups in total. The van der Waals surface area contributed by atoms with Gasteiger partial charge >= 0.3 is 6.03 Å². The molecule has 0 radical (unpaired) electrons. The van der Waals surface area contributed by atoms with E-state index in [0.717, 1.165) is 9.35 Å². The average molecular weight is 386 g/mol. The Morgan fingerprint density at radius 1 is 1.32 bits per heavy atom. The van der Waals surface area contributed by atoms with Crippen molar-refractivity contribution >= 4 is 45.1 Å². The number of amides is 4. The standard InChI is InChI=1S/C14H16BrN3O3S/c1-16-12(19)7-18(14(16)21)10-2-4-17(5-3-10)13(20)11-6-9(15)8-22-11/h6,8,10H,2-5,7H2,1H3. The fourth-order valence-electron chi connectivity index (χ4n) is 2.87. The molecule has 0 bridgehead atoms. The Kier molecular flexibility index (Phi) is 4.22. The molecule has 2 saturated heterocycles. The van der Waals surface area contributed by atoms with Crippen LogP contribution in [0.25, 0.3) is 0 Å². The summed E-state index contributed by atoms with van der Waals surface area (Å²) in [5, 5.41) is 1.89. The van der Waals surface area contributed by atoms with E-state index in [1.807, 2.05) is 16.3 Å². The molecule has 1 aromatic heterocycles. The maximum Gasteiger partial charge on any atom is 0.327 e. The fraction of sp³-hybridized carbons (Fsp3) is 0.500. The molecule has 0 spiro atoms. The summed E-state index contributed by atoms with van der Waals surface area (Å²) < 4.78 is 0.917. The highest BCUT2D eigenvalue weighted by molar-refractivity contribution is 9.10. The largest absolute Gasteiger partial charge is 0.338 e. The summed E-state index contributed by atoms with van der Waals surface area (Å²) in [6.45, 7) is 1.38. The number of hydrogen-bond acceptors (Lipinski definition) is 4. The van der Waals surface area contributed by atoms with Gasteiger partial charge in [-0.1, -0.05) is 0 Å². The van der Waals surface area contributed by atoms with Gasteiger partial charge in [0.05, 0.1) is 4.88 Å². The number of imide groups is 1. The quantitative estimate of drug-likeness (QED) is 0.731. The molecule has 0 saturated carbocycles. The van der Waals surface area contributed by atoms with E-state index in [1.54, 1.807) is 4.90 Å². The molecular formula is C14H16BrN3O3S. The number of halogens is 1. The second kappa shape index (κ2) is 6.00. The first-order valence-corrected chi connectivity index (χ1v) is 8.75. The lowest BCUT2D eigenvalue weighted by molar-refractivity contribution is -0.124. The van der Waals surface area contributed by atoms with Crippen LogP contribution in [0.3, 0.4) is 0 Å². The Hall–Kier alpha value is -1.41. The van der Waals surface area contributed by atoms with Crippen LogP contribution < -0.4 is 0 Å². The van der Waals surface area contributed by atoms with Crippen molar-refractivity contribution in [1.29, 1.82) is 0 Å². The SMILES string of the molecule is CN1C(=O)CN(C2CCN(C(=O)c3cc(Br)cs3)CC2)C1=O. The number of thiophene rings is 1. The predicted octanol–water partition coefficient (Wildman–Crippen LogP) is 2.01. The van der Waals surface area contributed by atoms with Gasteiger partial charge in [0.1, 0.15) is 6.54 Å². The molecule has 2 fully saturated rings. The van der Waals surface area contributed by atoms with E-state index in [1.165, 1.54) is 23.3 Å². The van der Waals surface area contributed by atoms with Crippen LogP contribution in [0.1, 0.15) is 22.5 Å². The Balaban J connectivity index is 1.60. The first-order valence-electron chi connectivity index (χ1n) is 7.08. The van der Waals surface area contributed by atoms with Crippen LogP contribution in [-0.2, 0) is 4.79 Å². The maximum atomic E-state index is 12.4. The zero-order chi connectivity index (χ0) is 15.9. The summed E-state index contributed by atoms with van der Waals surface area (Å²) >= 11 is 4.78. The van der Waals surface area contributed by atoms with Crippen LogP contribution >= 0.6 is 27.3 Å². The number of urea groups is 1. The molecule has 118 valence electrons. The van der Waals surface area contributed by atoms with Crippen LogP contribution in [0.15, 0.2) is 15.9 Å². The highest BCUT2D eigenvalue weighted by atomic mass is 79.9. The van der Waals surface area contributed by atoms with Crippen LogP contribution in [0.4, 0.5) is 4.79 Å². The molecule has 8 heteroatoms. The third kappa shape index (κ3) is 2.77. The van der Waals surface area contributed by atoms with Crippen LogP contribution in [0.5, 0.6) is 0 Å². The number of nitrogens with zero attached hydrogens (tertiary/aromatic N) is 3. The second-order valence-corrected chi connectivity index (χ2v) is 7.34. The number of carbonyl (C=O) groups excluding carboxylic acids is 3. The number of rotatable bonds is 2. The maximum absolute atomic E-state index is 12.4. The van der Waals surface area contributed by atoms with Gasteiger partial charge in [0.25, 0.3) is 5.91 Å². The molecule has 3 rings (SSSR count). The van der Waals surface area contributed by atoms with E-state index in [9.17, 15) is 14.4 Å². The molecule has 22 heavy (non-hydrogen) atoms.